The number of hydrogen-bond acceptors (Lipinski definition) is 9. The maximum atomic E-state index is 13.4. The van der Waals surface area contributed by atoms with E-state index >= 15 is 0 Å². The number of ketones is 2. The fourth-order valence-corrected chi connectivity index (χ4v) is 6.29. The Bertz CT molecular complexity index is 1130. The number of phenols is 1. The fourth-order valence-electron chi connectivity index (χ4n) is 5.94. The van der Waals surface area contributed by atoms with Gasteiger partial charge in [-0.2, -0.15) is 0 Å². The number of benzene rings is 1. The number of phenolic OH excluding ortho intramolecular Hbond substituents is 1. The first-order chi connectivity index (χ1) is 15.2. The van der Waals surface area contributed by atoms with E-state index in [4.69, 9.17) is 17.3 Å². The summed E-state index contributed by atoms with van der Waals surface area (Å²) in [5.41, 5.74) is -0.142. The average Bonchev–Trinajstić information content (AvgIpc) is 2.69. The lowest BCUT2D eigenvalue weighted by molar-refractivity contribution is -0.182. The van der Waals surface area contributed by atoms with Crippen molar-refractivity contribution in [3.63, 3.8) is 0 Å². The van der Waals surface area contributed by atoms with Crippen LogP contribution in [0.2, 0.25) is 5.02 Å². The Morgan fingerprint density at radius 2 is 1.82 bits per heavy atom. The molecule has 0 heterocycles. The number of Topliss-reactive ketones (excluding diaryl/α,β-unsaturated/α-hetero) is 2. The second-order valence-electron chi connectivity index (χ2n) is 9.41. The molecule has 1 saturated carbocycles. The Labute approximate surface area is 193 Å². The molecule has 0 bridgehead atoms. The zero-order valence-electron chi connectivity index (χ0n) is 18.1. The third-order valence-electron chi connectivity index (χ3n) is 7.44. The van der Waals surface area contributed by atoms with Crippen LogP contribution >= 0.6 is 11.6 Å². The summed E-state index contributed by atoms with van der Waals surface area (Å²) < 4.78 is 0. The number of amides is 1. The van der Waals surface area contributed by atoms with Gasteiger partial charge >= 0.3 is 0 Å². The number of aromatic hydroxyl groups is 1. The topological polar surface area (TPSA) is 182 Å². The zero-order chi connectivity index (χ0) is 24.8. The van der Waals surface area contributed by atoms with E-state index < -0.39 is 75.7 Å². The number of nitrogens with zero attached hydrogens (tertiary/aromatic N) is 1. The highest BCUT2D eigenvalue weighted by atomic mass is 35.5. The number of aliphatic hydroxyl groups is 4. The summed E-state index contributed by atoms with van der Waals surface area (Å²) in [7, 11) is 3.10. The molecule has 33 heavy (non-hydrogen) atoms. The molecular weight excluding hydrogens is 456 g/mol. The van der Waals surface area contributed by atoms with Crippen LogP contribution < -0.4 is 5.73 Å². The second-order valence-corrected chi connectivity index (χ2v) is 9.81. The Morgan fingerprint density at radius 1 is 1.21 bits per heavy atom. The van der Waals surface area contributed by atoms with Crippen LogP contribution in [0.3, 0.4) is 0 Å². The van der Waals surface area contributed by atoms with E-state index in [1.54, 1.807) is 14.1 Å². The normalized spacial score (nSPS) is 38.1. The minimum atomic E-state index is -2.73. The first-order valence-corrected chi connectivity index (χ1v) is 10.7. The van der Waals surface area contributed by atoms with Crippen molar-refractivity contribution in [1.29, 1.82) is 0 Å². The van der Waals surface area contributed by atoms with Gasteiger partial charge in [-0.3, -0.25) is 14.4 Å². The first kappa shape index (κ1) is 23.7. The van der Waals surface area contributed by atoms with E-state index in [0.717, 1.165) is 6.07 Å². The van der Waals surface area contributed by atoms with Gasteiger partial charge in [0, 0.05) is 34.0 Å². The third kappa shape index (κ3) is 2.85. The number of fused-ring (bicyclic) bond motifs is 3. The number of carbonyl (C=O) groups is 3. The predicted octanol–water partition coefficient (Wildman–Crippen LogP) is -0.396. The van der Waals surface area contributed by atoms with Gasteiger partial charge in [0.25, 0.3) is 0 Å². The lowest BCUT2D eigenvalue weighted by Gasteiger charge is -2.55. The predicted molar refractivity (Wildman–Crippen MR) is 114 cm³/mol. The molecule has 7 atom stereocenters. The molecule has 0 aliphatic heterocycles. The Morgan fingerprint density at radius 3 is 2.36 bits per heavy atom. The van der Waals surface area contributed by atoms with Crippen LogP contribution in [0.15, 0.2) is 23.5 Å². The second kappa shape index (κ2) is 7.25. The van der Waals surface area contributed by atoms with Crippen LogP contribution in [0.25, 0.3) is 0 Å². The van der Waals surface area contributed by atoms with Crippen molar-refractivity contribution in [3.8, 4) is 5.75 Å². The van der Waals surface area contributed by atoms with E-state index in [-0.39, 0.29) is 22.6 Å². The Kier molecular flexibility index (Phi) is 5.19. The Hall–Kier alpha value is -2.50. The van der Waals surface area contributed by atoms with Gasteiger partial charge in [-0.05, 0) is 39.6 Å². The number of carbonyl (C=O) groups excluding carboxylic acids is 3. The molecule has 3 aliphatic rings. The number of rotatable bonds is 2. The van der Waals surface area contributed by atoms with Crippen molar-refractivity contribution < 1.29 is 39.9 Å². The zero-order valence-corrected chi connectivity index (χ0v) is 18.9. The van der Waals surface area contributed by atoms with Crippen molar-refractivity contribution in [1.82, 2.24) is 4.90 Å². The van der Waals surface area contributed by atoms with Crippen LogP contribution in [0.4, 0.5) is 0 Å². The molecule has 0 radical (unpaired) electrons. The summed E-state index contributed by atoms with van der Waals surface area (Å²) in [6.07, 6.45) is -1.83. The summed E-state index contributed by atoms with van der Waals surface area (Å²) in [4.78, 5) is 40.2. The lowest BCUT2D eigenvalue weighted by Crippen LogP contribution is -2.71. The first-order valence-electron chi connectivity index (χ1n) is 10.3. The van der Waals surface area contributed by atoms with Crippen LogP contribution in [0, 0.1) is 17.8 Å². The lowest BCUT2D eigenvalue weighted by atomic mass is 9.53. The van der Waals surface area contributed by atoms with E-state index in [0.29, 0.717) is 0 Å². The van der Waals surface area contributed by atoms with Crippen LogP contribution in [0.5, 0.6) is 5.75 Å². The molecule has 1 amide bonds. The number of primary amides is 1. The Balaban J connectivity index is 2.04. The fraction of sp³-hybridized carbons (Fsp3) is 0.500. The van der Waals surface area contributed by atoms with E-state index in [9.17, 15) is 39.9 Å². The summed E-state index contributed by atoms with van der Waals surface area (Å²) in [6, 6.07) is 1.43. The van der Waals surface area contributed by atoms with Gasteiger partial charge in [0.05, 0.1) is 17.3 Å². The van der Waals surface area contributed by atoms with Gasteiger partial charge in [-0.1, -0.05) is 11.6 Å². The molecule has 3 aliphatic carbocycles. The van der Waals surface area contributed by atoms with Gasteiger partial charge in [-0.25, -0.2) is 0 Å². The third-order valence-corrected chi connectivity index (χ3v) is 7.76. The summed E-state index contributed by atoms with van der Waals surface area (Å²) in [5, 5.41) is 55.5. The van der Waals surface area contributed by atoms with Gasteiger partial charge in [-0.15, -0.1) is 0 Å². The van der Waals surface area contributed by atoms with E-state index in [2.05, 4.69) is 0 Å². The molecule has 178 valence electrons. The highest BCUT2D eigenvalue weighted by molar-refractivity contribution is 6.33. The summed E-state index contributed by atoms with van der Waals surface area (Å²) in [5.74, 6) is -9.07. The minimum absolute atomic E-state index is 0.0123. The van der Waals surface area contributed by atoms with Crippen molar-refractivity contribution >= 4 is 29.1 Å². The molecule has 4 rings (SSSR count). The molecular formula is C22H25ClN2O8. The van der Waals surface area contributed by atoms with Crippen molar-refractivity contribution in [2.75, 3.05) is 14.1 Å². The largest absolute Gasteiger partial charge is 0.508 e. The molecule has 0 spiro atoms. The van der Waals surface area contributed by atoms with Crippen molar-refractivity contribution in [2.45, 2.75) is 36.7 Å². The molecule has 1 aromatic rings. The average molecular weight is 481 g/mol. The van der Waals surface area contributed by atoms with Gasteiger partial charge in [0.2, 0.25) is 5.91 Å². The van der Waals surface area contributed by atoms with Crippen LogP contribution in [-0.4, -0.2) is 79.7 Å². The maximum Gasteiger partial charge on any atom is 0.230 e. The quantitative estimate of drug-likeness (QED) is 0.307. The number of nitrogens with two attached hydrogens (primary N) is 1. The van der Waals surface area contributed by atoms with Gasteiger partial charge < -0.3 is 36.2 Å². The van der Waals surface area contributed by atoms with Gasteiger partial charge in [0.1, 0.15) is 17.4 Å². The molecule has 7 unspecified atom stereocenters. The SMILES string of the molecule is CN(C)C1C(O)C(C(N)=O)C(=O)C2(O)C(O)=C3C(=O)c4c(O)ccc(Cl)c4C(C)(O)C3CC12. The maximum absolute atomic E-state index is 13.4. The monoisotopic (exact) mass is 480 g/mol. The highest BCUT2D eigenvalue weighted by Gasteiger charge is 2.68. The molecule has 1 fully saturated rings. The number of halogens is 1. The molecule has 1 aromatic carbocycles. The molecule has 0 saturated heterocycles. The molecule has 7 N–H and O–H groups in total. The summed E-state index contributed by atoms with van der Waals surface area (Å²) >= 11 is 6.27. The van der Waals surface area contributed by atoms with Crippen molar-refractivity contribution in [3.05, 3.63) is 39.6 Å². The standard InChI is InChI=1S/C22H25ClN2O8/c1-21(32)7-6-8-15(25(2)3)17(28)13(20(24)31)19(30)22(8,33)18(29)11(7)16(27)12-10(26)5-4-9(23)14(12)21/h4-5,7-8,13,15,17,26,28-29,32-33H,6H2,1-3H3,(H2,24,31). The van der Waals surface area contributed by atoms with E-state index in [1.165, 1.54) is 17.9 Å². The summed E-state index contributed by atoms with van der Waals surface area (Å²) in [6.45, 7) is 1.35. The van der Waals surface area contributed by atoms with Crippen molar-refractivity contribution in [2.24, 2.45) is 23.5 Å². The van der Waals surface area contributed by atoms with Gasteiger partial charge in [0.15, 0.2) is 17.2 Å². The smallest absolute Gasteiger partial charge is 0.230 e. The number of aliphatic hydroxyl groups excluding tert-OH is 2. The molecule has 10 nitrogen and oxygen atoms in total. The molecule has 0 aromatic heterocycles. The minimum Gasteiger partial charge on any atom is -0.508 e. The highest BCUT2D eigenvalue weighted by Crippen LogP contribution is 2.57. The number of likely N-dealkylation sites (N-methyl/N-ethyl adjacent to an activating group) is 1. The number of hydrogen-bond donors (Lipinski definition) is 6. The van der Waals surface area contributed by atoms with Crippen LogP contribution in [0.1, 0.15) is 29.3 Å². The molecule has 11 heteroatoms. The van der Waals surface area contributed by atoms with E-state index in [1.807, 2.05) is 0 Å². The van der Waals surface area contributed by atoms with Crippen LogP contribution in [-0.2, 0) is 15.2 Å².